The number of aryl methyl sites for hydroxylation is 1. The third-order valence-corrected chi connectivity index (χ3v) is 4.17. The maximum atomic E-state index is 12.5. The number of halogens is 2. The second kappa shape index (κ2) is 6.73. The first-order valence-electron chi connectivity index (χ1n) is 6.30. The largest absolute Gasteiger partial charge is 0.338 e. The van der Waals surface area contributed by atoms with Crippen molar-refractivity contribution < 1.29 is 4.79 Å². The third kappa shape index (κ3) is 3.71. The molecule has 1 saturated heterocycles. The lowest BCUT2D eigenvalue weighted by Crippen LogP contribution is -2.48. The lowest BCUT2D eigenvalue weighted by atomic mass is 9.94. The fourth-order valence-corrected chi connectivity index (χ4v) is 2.86. The van der Waals surface area contributed by atoms with Crippen molar-refractivity contribution in [2.24, 2.45) is 11.7 Å². The Balaban J connectivity index is 0.00000180. The highest BCUT2D eigenvalue weighted by Gasteiger charge is 2.27. The summed E-state index contributed by atoms with van der Waals surface area (Å²) in [6.45, 7) is 5.60. The lowest BCUT2D eigenvalue weighted by Gasteiger charge is -2.35. The minimum Gasteiger partial charge on any atom is -0.338 e. The van der Waals surface area contributed by atoms with Gasteiger partial charge in [0, 0.05) is 29.2 Å². The second-order valence-corrected chi connectivity index (χ2v) is 6.06. The van der Waals surface area contributed by atoms with E-state index in [1.54, 1.807) is 0 Å². The molecule has 3 nitrogen and oxygen atoms in total. The second-order valence-electron chi connectivity index (χ2n) is 5.14. The summed E-state index contributed by atoms with van der Waals surface area (Å²) in [4.78, 5) is 14.4. The van der Waals surface area contributed by atoms with E-state index < -0.39 is 0 Å². The maximum Gasteiger partial charge on any atom is 0.254 e. The number of nitrogens with two attached hydrogens (primary N) is 1. The lowest BCUT2D eigenvalue weighted by molar-refractivity contribution is 0.0663. The number of nitrogens with zero attached hydrogens (tertiary/aromatic N) is 1. The fraction of sp³-hybridized carbons (Fsp3) is 0.500. The van der Waals surface area contributed by atoms with Gasteiger partial charge in [0.1, 0.15) is 0 Å². The van der Waals surface area contributed by atoms with Gasteiger partial charge in [-0.2, -0.15) is 0 Å². The van der Waals surface area contributed by atoms with Gasteiger partial charge >= 0.3 is 0 Å². The van der Waals surface area contributed by atoms with Crippen LogP contribution in [0.5, 0.6) is 0 Å². The maximum absolute atomic E-state index is 12.5. The zero-order valence-corrected chi connectivity index (χ0v) is 13.6. The Morgan fingerprint density at radius 2 is 2.16 bits per heavy atom. The van der Waals surface area contributed by atoms with Crippen molar-refractivity contribution >= 4 is 34.2 Å². The molecule has 0 radical (unpaired) electrons. The summed E-state index contributed by atoms with van der Waals surface area (Å²) < 4.78 is 1.01. The summed E-state index contributed by atoms with van der Waals surface area (Å²) >= 11 is 3.42. The minimum atomic E-state index is 0. The van der Waals surface area contributed by atoms with Crippen LogP contribution in [0.1, 0.15) is 29.3 Å². The third-order valence-electron chi connectivity index (χ3n) is 3.68. The van der Waals surface area contributed by atoms with E-state index >= 15 is 0 Å². The summed E-state index contributed by atoms with van der Waals surface area (Å²) in [5.74, 6) is 0.497. The average Bonchev–Trinajstić information content (AvgIpc) is 2.32. The first-order valence-corrected chi connectivity index (χ1v) is 7.09. The van der Waals surface area contributed by atoms with Crippen LogP contribution in [-0.2, 0) is 0 Å². The number of hydrogen-bond acceptors (Lipinski definition) is 2. The molecular formula is C14H20BrClN2O. The van der Waals surface area contributed by atoms with E-state index in [2.05, 4.69) is 22.9 Å². The molecule has 1 aromatic rings. The number of carbonyl (C=O) groups is 1. The summed E-state index contributed by atoms with van der Waals surface area (Å²) in [5.41, 5.74) is 7.79. The molecule has 106 valence electrons. The molecule has 0 bridgehead atoms. The van der Waals surface area contributed by atoms with Gasteiger partial charge in [-0.05, 0) is 43.0 Å². The Kier molecular flexibility index (Phi) is 5.83. The van der Waals surface area contributed by atoms with Gasteiger partial charge in [0.25, 0.3) is 5.91 Å². The summed E-state index contributed by atoms with van der Waals surface area (Å²) in [7, 11) is 0. The van der Waals surface area contributed by atoms with Crippen molar-refractivity contribution in [3.63, 3.8) is 0 Å². The van der Waals surface area contributed by atoms with E-state index in [0.717, 1.165) is 35.1 Å². The van der Waals surface area contributed by atoms with E-state index in [9.17, 15) is 4.79 Å². The molecular weight excluding hydrogens is 328 g/mol. The van der Waals surface area contributed by atoms with Gasteiger partial charge in [0.05, 0.1) is 0 Å². The predicted octanol–water partition coefficient (Wildman–Crippen LogP) is 2.99. The first-order chi connectivity index (χ1) is 8.49. The van der Waals surface area contributed by atoms with Crippen LogP contribution in [-0.4, -0.2) is 29.9 Å². The van der Waals surface area contributed by atoms with E-state index in [-0.39, 0.29) is 24.4 Å². The van der Waals surface area contributed by atoms with Crippen LogP contribution in [0, 0.1) is 12.8 Å². The number of amides is 1. The molecule has 2 rings (SSSR count). The Morgan fingerprint density at radius 1 is 1.47 bits per heavy atom. The SMILES string of the molecule is Cc1cc(Br)ccc1C(=O)N1CCC(N)C(C)C1.Cl. The highest BCUT2D eigenvalue weighted by Crippen LogP contribution is 2.21. The molecule has 1 aromatic carbocycles. The summed E-state index contributed by atoms with van der Waals surface area (Å²) in [6, 6.07) is 6.01. The van der Waals surface area contributed by atoms with E-state index in [4.69, 9.17) is 5.73 Å². The van der Waals surface area contributed by atoms with E-state index in [1.165, 1.54) is 0 Å². The zero-order chi connectivity index (χ0) is 13.3. The molecule has 0 aliphatic carbocycles. The summed E-state index contributed by atoms with van der Waals surface area (Å²) in [5, 5.41) is 0. The molecule has 0 spiro atoms. The molecule has 0 saturated carbocycles. The molecule has 2 N–H and O–H groups in total. The van der Waals surface area contributed by atoms with Crippen LogP contribution in [0.3, 0.4) is 0 Å². The molecule has 1 fully saturated rings. The quantitative estimate of drug-likeness (QED) is 0.849. The molecule has 1 amide bonds. The first kappa shape index (κ1) is 16.5. The fourth-order valence-electron chi connectivity index (χ4n) is 2.39. The average molecular weight is 348 g/mol. The molecule has 2 atom stereocenters. The van der Waals surface area contributed by atoms with Crippen LogP contribution in [0.2, 0.25) is 0 Å². The minimum absolute atomic E-state index is 0. The topological polar surface area (TPSA) is 46.3 Å². The number of rotatable bonds is 1. The van der Waals surface area contributed by atoms with Crippen LogP contribution in [0.25, 0.3) is 0 Å². The van der Waals surface area contributed by atoms with Gasteiger partial charge < -0.3 is 10.6 Å². The Hall–Kier alpha value is -0.580. The van der Waals surface area contributed by atoms with Crippen molar-refractivity contribution in [1.82, 2.24) is 4.90 Å². The van der Waals surface area contributed by atoms with Gasteiger partial charge in [-0.1, -0.05) is 22.9 Å². The molecule has 1 heterocycles. The van der Waals surface area contributed by atoms with E-state index in [0.29, 0.717) is 5.92 Å². The van der Waals surface area contributed by atoms with Gasteiger partial charge in [-0.3, -0.25) is 4.79 Å². The molecule has 1 aliphatic rings. The zero-order valence-electron chi connectivity index (χ0n) is 11.2. The monoisotopic (exact) mass is 346 g/mol. The smallest absolute Gasteiger partial charge is 0.254 e. The van der Waals surface area contributed by atoms with Crippen LogP contribution >= 0.6 is 28.3 Å². The van der Waals surface area contributed by atoms with Crippen LogP contribution < -0.4 is 5.73 Å². The van der Waals surface area contributed by atoms with Gasteiger partial charge in [-0.25, -0.2) is 0 Å². The van der Waals surface area contributed by atoms with Crippen molar-refractivity contribution in [1.29, 1.82) is 0 Å². The number of benzene rings is 1. The normalized spacial score (nSPS) is 22.8. The Labute approximate surface area is 129 Å². The van der Waals surface area contributed by atoms with Crippen molar-refractivity contribution in [2.75, 3.05) is 13.1 Å². The number of likely N-dealkylation sites (tertiary alicyclic amines) is 1. The molecule has 2 unspecified atom stereocenters. The standard InChI is InChI=1S/C14H19BrN2O.ClH/c1-9-7-11(15)3-4-12(9)14(18)17-6-5-13(16)10(2)8-17;/h3-4,7,10,13H,5-6,8,16H2,1-2H3;1H. The van der Waals surface area contributed by atoms with Crippen molar-refractivity contribution in [3.8, 4) is 0 Å². The van der Waals surface area contributed by atoms with Crippen molar-refractivity contribution in [3.05, 3.63) is 33.8 Å². The van der Waals surface area contributed by atoms with Crippen LogP contribution in [0.15, 0.2) is 22.7 Å². The van der Waals surface area contributed by atoms with Gasteiger partial charge in [-0.15, -0.1) is 12.4 Å². The summed E-state index contributed by atoms with van der Waals surface area (Å²) in [6.07, 6.45) is 0.891. The molecule has 1 aliphatic heterocycles. The van der Waals surface area contributed by atoms with Crippen LogP contribution in [0.4, 0.5) is 0 Å². The Bertz CT molecular complexity index is 467. The molecule has 0 aromatic heterocycles. The molecule has 19 heavy (non-hydrogen) atoms. The van der Waals surface area contributed by atoms with E-state index in [1.807, 2.05) is 30.0 Å². The van der Waals surface area contributed by atoms with Crippen molar-refractivity contribution in [2.45, 2.75) is 26.3 Å². The highest BCUT2D eigenvalue weighted by atomic mass is 79.9. The Morgan fingerprint density at radius 3 is 2.74 bits per heavy atom. The molecule has 5 heteroatoms. The highest BCUT2D eigenvalue weighted by molar-refractivity contribution is 9.10. The predicted molar refractivity (Wildman–Crippen MR) is 83.8 cm³/mol. The number of hydrogen-bond donors (Lipinski definition) is 1. The van der Waals surface area contributed by atoms with Gasteiger partial charge in [0.2, 0.25) is 0 Å². The number of carbonyl (C=O) groups excluding carboxylic acids is 1. The van der Waals surface area contributed by atoms with Gasteiger partial charge in [0.15, 0.2) is 0 Å². The number of piperidine rings is 1.